The first kappa shape index (κ1) is 11.6. The van der Waals surface area contributed by atoms with Gasteiger partial charge in [-0.25, -0.2) is 0 Å². The maximum atomic E-state index is 12.3. The first-order chi connectivity index (χ1) is 8.84. The summed E-state index contributed by atoms with van der Waals surface area (Å²) in [5.41, 5.74) is 2.27. The van der Waals surface area contributed by atoms with Gasteiger partial charge in [-0.2, -0.15) is 0 Å². The molecule has 1 aliphatic heterocycles. The van der Waals surface area contributed by atoms with Crippen LogP contribution in [0.2, 0.25) is 0 Å². The van der Waals surface area contributed by atoms with Crippen molar-refractivity contribution in [2.75, 3.05) is 18.4 Å². The van der Waals surface area contributed by atoms with Crippen molar-refractivity contribution in [1.82, 2.24) is 5.32 Å². The molecular formula is C15H20N2O. The number of rotatable bonds is 3. The summed E-state index contributed by atoms with van der Waals surface area (Å²) in [6, 6.07) is 8.15. The van der Waals surface area contributed by atoms with Crippen molar-refractivity contribution in [1.29, 1.82) is 0 Å². The van der Waals surface area contributed by atoms with Crippen molar-refractivity contribution in [3.63, 3.8) is 0 Å². The number of para-hydroxylation sites is 1. The van der Waals surface area contributed by atoms with Crippen LogP contribution < -0.4 is 10.6 Å². The van der Waals surface area contributed by atoms with Crippen LogP contribution in [-0.4, -0.2) is 19.0 Å². The minimum Gasteiger partial charge on any atom is -0.385 e. The van der Waals surface area contributed by atoms with Crippen molar-refractivity contribution in [2.45, 2.75) is 31.6 Å². The van der Waals surface area contributed by atoms with Gasteiger partial charge in [0.1, 0.15) is 0 Å². The molecule has 96 valence electrons. The Morgan fingerprint density at radius 2 is 2.11 bits per heavy atom. The Labute approximate surface area is 108 Å². The molecule has 0 spiro atoms. The lowest BCUT2D eigenvalue weighted by molar-refractivity contribution is -0.123. The molecule has 3 rings (SSSR count). The van der Waals surface area contributed by atoms with E-state index in [1.807, 2.05) is 12.1 Å². The fourth-order valence-corrected chi connectivity index (χ4v) is 2.81. The van der Waals surface area contributed by atoms with Crippen LogP contribution in [0.5, 0.6) is 0 Å². The van der Waals surface area contributed by atoms with Crippen LogP contribution in [0.3, 0.4) is 0 Å². The smallest absolute Gasteiger partial charge is 0.227 e. The summed E-state index contributed by atoms with van der Waals surface area (Å²) >= 11 is 0. The van der Waals surface area contributed by atoms with Crippen molar-refractivity contribution >= 4 is 11.6 Å². The van der Waals surface area contributed by atoms with Gasteiger partial charge in [-0.3, -0.25) is 4.79 Å². The maximum Gasteiger partial charge on any atom is 0.227 e. The molecule has 1 aromatic carbocycles. The fraction of sp³-hybridized carbons (Fsp3) is 0.533. The molecule has 0 saturated heterocycles. The van der Waals surface area contributed by atoms with E-state index in [9.17, 15) is 4.79 Å². The van der Waals surface area contributed by atoms with E-state index in [2.05, 4.69) is 22.8 Å². The second kappa shape index (κ2) is 5.01. The highest BCUT2D eigenvalue weighted by Crippen LogP contribution is 2.31. The maximum absolute atomic E-state index is 12.3. The molecular weight excluding hydrogens is 224 g/mol. The first-order valence-electron chi connectivity index (χ1n) is 6.95. The molecule has 0 radical (unpaired) electrons. The number of carbonyl (C=O) groups excluding carboxylic acids is 1. The Bertz CT molecular complexity index is 440. The predicted octanol–water partition coefficient (Wildman–Crippen LogP) is 2.50. The molecule has 1 aromatic rings. The highest BCUT2D eigenvalue weighted by atomic mass is 16.1. The van der Waals surface area contributed by atoms with Crippen molar-refractivity contribution < 1.29 is 4.79 Å². The van der Waals surface area contributed by atoms with Gasteiger partial charge in [0.05, 0.1) is 5.92 Å². The van der Waals surface area contributed by atoms with Gasteiger partial charge in [0.2, 0.25) is 5.91 Å². The molecule has 3 nitrogen and oxygen atoms in total. The summed E-state index contributed by atoms with van der Waals surface area (Å²) in [5, 5.41) is 6.48. The summed E-state index contributed by atoms with van der Waals surface area (Å²) < 4.78 is 0. The van der Waals surface area contributed by atoms with Gasteiger partial charge < -0.3 is 10.6 Å². The van der Waals surface area contributed by atoms with Crippen LogP contribution in [0, 0.1) is 5.92 Å². The average Bonchev–Trinajstić information content (AvgIpc) is 2.36. The number of nitrogens with one attached hydrogen (secondary N) is 2. The van der Waals surface area contributed by atoms with Crippen molar-refractivity contribution in [2.24, 2.45) is 5.92 Å². The fourth-order valence-electron chi connectivity index (χ4n) is 2.81. The van der Waals surface area contributed by atoms with Crippen LogP contribution >= 0.6 is 0 Å². The minimum atomic E-state index is 0.0301. The number of anilines is 1. The molecule has 18 heavy (non-hydrogen) atoms. The number of carbonyl (C=O) groups is 1. The number of amides is 1. The van der Waals surface area contributed by atoms with Crippen LogP contribution in [0.4, 0.5) is 5.69 Å². The molecule has 0 bridgehead atoms. The molecule has 0 aromatic heterocycles. The third kappa shape index (κ3) is 2.22. The van der Waals surface area contributed by atoms with Gasteiger partial charge in [0.25, 0.3) is 0 Å². The molecule has 1 fully saturated rings. The number of fused-ring (bicyclic) bond motifs is 1. The number of benzene rings is 1. The zero-order valence-electron chi connectivity index (χ0n) is 10.6. The van der Waals surface area contributed by atoms with Gasteiger partial charge in [-0.05, 0) is 36.8 Å². The van der Waals surface area contributed by atoms with Crippen molar-refractivity contribution in [3.8, 4) is 0 Å². The highest BCUT2D eigenvalue weighted by Gasteiger charge is 2.27. The second-order valence-electron chi connectivity index (χ2n) is 5.40. The first-order valence-corrected chi connectivity index (χ1v) is 6.95. The lowest BCUT2D eigenvalue weighted by atomic mass is 9.85. The molecule has 3 heteroatoms. The Morgan fingerprint density at radius 1 is 1.28 bits per heavy atom. The van der Waals surface area contributed by atoms with Gasteiger partial charge >= 0.3 is 0 Å². The number of hydrogen-bond donors (Lipinski definition) is 2. The Kier molecular flexibility index (Phi) is 3.22. The zero-order valence-corrected chi connectivity index (χ0v) is 10.6. The van der Waals surface area contributed by atoms with E-state index < -0.39 is 0 Å². The third-order valence-corrected chi connectivity index (χ3v) is 4.19. The van der Waals surface area contributed by atoms with E-state index in [4.69, 9.17) is 0 Å². The molecule has 1 amide bonds. The van der Waals surface area contributed by atoms with E-state index in [0.29, 0.717) is 0 Å². The highest BCUT2D eigenvalue weighted by molar-refractivity contribution is 5.86. The molecule has 1 unspecified atom stereocenters. The van der Waals surface area contributed by atoms with E-state index in [1.54, 1.807) is 0 Å². The predicted molar refractivity (Wildman–Crippen MR) is 72.6 cm³/mol. The summed E-state index contributed by atoms with van der Waals surface area (Å²) in [6.07, 6.45) is 4.79. The largest absolute Gasteiger partial charge is 0.385 e. The molecule has 1 atom stereocenters. The lowest BCUT2D eigenvalue weighted by Gasteiger charge is -2.29. The third-order valence-electron chi connectivity index (χ3n) is 4.19. The average molecular weight is 244 g/mol. The van der Waals surface area contributed by atoms with E-state index in [0.717, 1.165) is 36.7 Å². The van der Waals surface area contributed by atoms with E-state index in [-0.39, 0.29) is 11.8 Å². The van der Waals surface area contributed by atoms with Crippen LogP contribution in [-0.2, 0) is 4.79 Å². The monoisotopic (exact) mass is 244 g/mol. The minimum absolute atomic E-state index is 0.0301. The van der Waals surface area contributed by atoms with Gasteiger partial charge in [-0.1, -0.05) is 24.6 Å². The number of hydrogen-bond acceptors (Lipinski definition) is 2. The Balaban J connectivity index is 1.66. The lowest BCUT2D eigenvalue weighted by Crippen LogP contribution is -2.37. The van der Waals surface area contributed by atoms with Crippen LogP contribution in [0.15, 0.2) is 24.3 Å². The SMILES string of the molecule is O=C(NCC1CCC1)C1CCNc2ccccc21. The van der Waals surface area contributed by atoms with Crippen LogP contribution in [0.1, 0.15) is 37.2 Å². The second-order valence-corrected chi connectivity index (χ2v) is 5.40. The Morgan fingerprint density at radius 3 is 2.89 bits per heavy atom. The molecule has 1 saturated carbocycles. The summed E-state index contributed by atoms with van der Waals surface area (Å²) in [4.78, 5) is 12.3. The summed E-state index contributed by atoms with van der Waals surface area (Å²) in [6.45, 7) is 1.75. The quantitative estimate of drug-likeness (QED) is 0.857. The summed E-state index contributed by atoms with van der Waals surface area (Å²) in [5.74, 6) is 0.962. The summed E-state index contributed by atoms with van der Waals surface area (Å²) in [7, 11) is 0. The molecule has 2 N–H and O–H groups in total. The van der Waals surface area contributed by atoms with E-state index >= 15 is 0 Å². The molecule has 1 heterocycles. The molecule has 1 aliphatic carbocycles. The van der Waals surface area contributed by atoms with Gasteiger partial charge in [0.15, 0.2) is 0 Å². The van der Waals surface area contributed by atoms with Crippen LogP contribution in [0.25, 0.3) is 0 Å². The molecule has 2 aliphatic rings. The Hall–Kier alpha value is -1.51. The van der Waals surface area contributed by atoms with E-state index in [1.165, 1.54) is 19.3 Å². The van der Waals surface area contributed by atoms with Gasteiger partial charge in [0, 0.05) is 18.8 Å². The standard InChI is InChI=1S/C15H20N2O/c18-15(17-10-11-4-3-5-11)13-8-9-16-14-7-2-1-6-12(13)14/h1-2,6-7,11,13,16H,3-5,8-10H2,(H,17,18). The topological polar surface area (TPSA) is 41.1 Å². The van der Waals surface area contributed by atoms with Gasteiger partial charge in [-0.15, -0.1) is 0 Å². The van der Waals surface area contributed by atoms with Crippen molar-refractivity contribution in [3.05, 3.63) is 29.8 Å². The normalized spacial score (nSPS) is 22.6. The zero-order chi connectivity index (χ0) is 12.4.